The fourth-order valence-electron chi connectivity index (χ4n) is 1.25. The van der Waals surface area contributed by atoms with Crippen molar-refractivity contribution in [2.24, 2.45) is 0 Å². The molecule has 0 aliphatic rings. The van der Waals surface area contributed by atoms with E-state index in [0.717, 1.165) is 0 Å². The Bertz CT molecular complexity index is 372. The molecule has 13 heavy (non-hydrogen) atoms. The Morgan fingerprint density at radius 3 is 2.38 bits per heavy atom. The normalized spacial score (nSPS) is 10.0. The number of rotatable bonds is 1. The van der Waals surface area contributed by atoms with Gasteiger partial charge in [0.05, 0.1) is 5.69 Å². The van der Waals surface area contributed by atoms with E-state index in [2.05, 4.69) is 0 Å². The summed E-state index contributed by atoms with van der Waals surface area (Å²) in [5.74, 6) is -1.51. The van der Waals surface area contributed by atoms with Crippen LogP contribution in [0, 0.1) is 13.8 Å². The number of aromatic carboxylic acids is 1. The number of anilines is 1. The second-order valence-electron chi connectivity index (χ2n) is 2.95. The molecule has 0 spiro atoms. The average molecular weight is 181 g/mol. The third-order valence-electron chi connectivity index (χ3n) is 1.96. The maximum atomic E-state index is 10.7. The minimum atomic E-state index is -1.17. The summed E-state index contributed by atoms with van der Waals surface area (Å²) < 4.78 is 0. The molecule has 0 atom stereocenters. The van der Waals surface area contributed by atoms with Gasteiger partial charge in [-0.1, -0.05) is 6.07 Å². The lowest BCUT2D eigenvalue weighted by Crippen LogP contribution is -2.03. The first kappa shape index (κ1) is 9.38. The van der Waals surface area contributed by atoms with Gasteiger partial charge in [0.1, 0.15) is 5.56 Å². The van der Waals surface area contributed by atoms with E-state index in [4.69, 9.17) is 10.8 Å². The highest BCUT2D eigenvalue weighted by Gasteiger charge is 2.16. The minimum absolute atomic E-state index is 0.122. The Hall–Kier alpha value is -1.71. The SMILES string of the molecule is Cc1cc(C)c(C(=O)O)c(O)c1N. The summed E-state index contributed by atoms with van der Waals surface area (Å²) in [5, 5.41) is 18.2. The Labute approximate surface area is 75.6 Å². The highest BCUT2D eigenvalue weighted by Crippen LogP contribution is 2.30. The standard InChI is InChI=1S/C9H11NO3/c1-4-3-5(2)7(10)8(11)6(4)9(12)13/h3,11H,10H2,1-2H3,(H,12,13). The Balaban J connectivity index is 3.53. The summed E-state index contributed by atoms with van der Waals surface area (Å²) in [6.07, 6.45) is 0. The first-order valence-corrected chi connectivity index (χ1v) is 3.77. The van der Waals surface area contributed by atoms with Crippen LogP contribution >= 0.6 is 0 Å². The van der Waals surface area contributed by atoms with Gasteiger partial charge in [-0.25, -0.2) is 4.79 Å². The molecule has 0 fully saturated rings. The number of benzene rings is 1. The van der Waals surface area contributed by atoms with Gasteiger partial charge in [0.2, 0.25) is 0 Å². The van der Waals surface area contributed by atoms with Gasteiger partial charge in [-0.3, -0.25) is 0 Å². The fourth-order valence-corrected chi connectivity index (χ4v) is 1.25. The number of carboxylic acids is 1. The summed E-state index contributed by atoms with van der Waals surface area (Å²) >= 11 is 0. The lowest BCUT2D eigenvalue weighted by Gasteiger charge is -2.09. The monoisotopic (exact) mass is 181 g/mol. The van der Waals surface area contributed by atoms with Crippen LogP contribution in [0.2, 0.25) is 0 Å². The number of nitrogen functional groups attached to an aromatic ring is 1. The Kier molecular flexibility index (Phi) is 2.14. The van der Waals surface area contributed by atoms with E-state index in [0.29, 0.717) is 11.1 Å². The summed E-state index contributed by atoms with van der Waals surface area (Å²) in [4.78, 5) is 10.7. The van der Waals surface area contributed by atoms with Gasteiger partial charge < -0.3 is 15.9 Å². The zero-order chi connectivity index (χ0) is 10.2. The van der Waals surface area contributed by atoms with Gasteiger partial charge >= 0.3 is 5.97 Å². The van der Waals surface area contributed by atoms with Crippen molar-refractivity contribution in [3.63, 3.8) is 0 Å². The van der Waals surface area contributed by atoms with Crippen LogP contribution in [-0.2, 0) is 0 Å². The van der Waals surface area contributed by atoms with E-state index >= 15 is 0 Å². The van der Waals surface area contributed by atoms with E-state index in [1.807, 2.05) is 0 Å². The molecular formula is C9H11NO3. The van der Waals surface area contributed by atoms with Crippen LogP contribution in [0.4, 0.5) is 5.69 Å². The summed E-state index contributed by atoms with van der Waals surface area (Å²) in [5.41, 5.74) is 6.67. The number of carboxylic acid groups (broad SMARTS) is 1. The highest BCUT2D eigenvalue weighted by molar-refractivity contribution is 5.95. The lowest BCUT2D eigenvalue weighted by molar-refractivity contribution is 0.0693. The molecular weight excluding hydrogens is 170 g/mol. The quantitative estimate of drug-likeness (QED) is 0.450. The topological polar surface area (TPSA) is 83.5 Å². The van der Waals surface area contributed by atoms with Gasteiger partial charge in [-0.15, -0.1) is 0 Å². The van der Waals surface area contributed by atoms with Crippen LogP contribution in [0.3, 0.4) is 0 Å². The molecule has 0 bridgehead atoms. The first-order chi connectivity index (χ1) is 5.95. The van der Waals surface area contributed by atoms with E-state index in [-0.39, 0.29) is 17.0 Å². The lowest BCUT2D eigenvalue weighted by atomic mass is 10.0. The predicted molar refractivity (Wildman–Crippen MR) is 49.0 cm³/mol. The van der Waals surface area contributed by atoms with Crippen molar-refractivity contribution in [1.82, 2.24) is 0 Å². The van der Waals surface area contributed by atoms with Crippen molar-refractivity contribution in [2.75, 3.05) is 5.73 Å². The molecule has 1 aromatic rings. The Morgan fingerprint density at radius 1 is 1.38 bits per heavy atom. The second-order valence-corrected chi connectivity index (χ2v) is 2.95. The van der Waals surface area contributed by atoms with Crippen molar-refractivity contribution in [3.8, 4) is 5.75 Å². The molecule has 0 unspecified atom stereocenters. The number of aromatic hydroxyl groups is 1. The second kappa shape index (κ2) is 2.97. The Morgan fingerprint density at radius 2 is 1.92 bits per heavy atom. The minimum Gasteiger partial charge on any atom is -0.505 e. The molecule has 1 aromatic carbocycles. The highest BCUT2D eigenvalue weighted by atomic mass is 16.4. The molecule has 0 saturated heterocycles. The number of phenols is 1. The van der Waals surface area contributed by atoms with Gasteiger partial charge in [0.25, 0.3) is 0 Å². The van der Waals surface area contributed by atoms with Crippen LogP contribution in [0.25, 0.3) is 0 Å². The number of hydrogen-bond donors (Lipinski definition) is 3. The van der Waals surface area contributed by atoms with Crippen LogP contribution in [0.15, 0.2) is 6.07 Å². The van der Waals surface area contributed by atoms with E-state index in [1.54, 1.807) is 19.9 Å². The van der Waals surface area contributed by atoms with E-state index < -0.39 is 5.97 Å². The van der Waals surface area contributed by atoms with Gasteiger partial charge in [-0.05, 0) is 25.0 Å². The molecule has 0 radical (unpaired) electrons. The van der Waals surface area contributed by atoms with Crippen molar-refractivity contribution in [2.45, 2.75) is 13.8 Å². The number of aryl methyl sites for hydroxylation is 2. The molecule has 4 N–H and O–H groups in total. The van der Waals surface area contributed by atoms with Crippen LogP contribution in [0.1, 0.15) is 21.5 Å². The summed E-state index contributed by atoms with van der Waals surface area (Å²) in [6, 6.07) is 1.64. The van der Waals surface area contributed by atoms with Crippen molar-refractivity contribution in [1.29, 1.82) is 0 Å². The zero-order valence-corrected chi connectivity index (χ0v) is 7.46. The van der Waals surface area contributed by atoms with E-state index in [9.17, 15) is 9.90 Å². The third-order valence-corrected chi connectivity index (χ3v) is 1.96. The number of hydrogen-bond acceptors (Lipinski definition) is 3. The third kappa shape index (κ3) is 1.42. The summed E-state index contributed by atoms with van der Waals surface area (Å²) in [6.45, 7) is 3.34. The summed E-state index contributed by atoms with van der Waals surface area (Å²) in [7, 11) is 0. The van der Waals surface area contributed by atoms with Crippen molar-refractivity contribution < 1.29 is 15.0 Å². The molecule has 0 heterocycles. The zero-order valence-electron chi connectivity index (χ0n) is 7.46. The van der Waals surface area contributed by atoms with Gasteiger partial charge in [-0.2, -0.15) is 0 Å². The predicted octanol–water partition coefficient (Wildman–Crippen LogP) is 1.29. The number of carbonyl (C=O) groups is 1. The molecule has 4 nitrogen and oxygen atoms in total. The molecule has 1 rings (SSSR count). The van der Waals surface area contributed by atoms with Crippen molar-refractivity contribution in [3.05, 3.63) is 22.8 Å². The van der Waals surface area contributed by atoms with Crippen molar-refractivity contribution >= 4 is 11.7 Å². The molecule has 0 aromatic heterocycles. The first-order valence-electron chi connectivity index (χ1n) is 3.77. The van der Waals surface area contributed by atoms with Gasteiger partial charge in [0, 0.05) is 0 Å². The molecule has 0 saturated carbocycles. The molecule has 4 heteroatoms. The largest absolute Gasteiger partial charge is 0.505 e. The van der Waals surface area contributed by atoms with Crippen LogP contribution in [0.5, 0.6) is 5.75 Å². The van der Waals surface area contributed by atoms with Gasteiger partial charge in [0.15, 0.2) is 5.75 Å². The maximum absolute atomic E-state index is 10.7. The molecule has 0 aliphatic carbocycles. The molecule has 0 amide bonds. The fraction of sp³-hybridized carbons (Fsp3) is 0.222. The van der Waals surface area contributed by atoms with Crippen LogP contribution in [-0.4, -0.2) is 16.2 Å². The number of nitrogens with two attached hydrogens (primary N) is 1. The average Bonchev–Trinajstić information content (AvgIpc) is 1.99. The maximum Gasteiger partial charge on any atom is 0.339 e. The molecule has 70 valence electrons. The van der Waals surface area contributed by atoms with E-state index in [1.165, 1.54) is 0 Å². The van der Waals surface area contributed by atoms with Crippen LogP contribution < -0.4 is 5.73 Å². The molecule has 0 aliphatic heterocycles. The smallest absolute Gasteiger partial charge is 0.339 e.